The van der Waals surface area contributed by atoms with Crippen molar-refractivity contribution in [1.82, 2.24) is 0 Å². The molecule has 32 valence electrons. The first kappa shape index (κ1) is 15.8. The molecular formula is CHCaClO3. The summed E-state index contributed by atoms with van der Waals surface area (Å²) in [5.41, 5.74) is 0. The van der Waals surface area contributed by atoms with Crippen molar-refractivity contribution in [2.24, 2.45) is 0 Å². The molecule has 0 aliphatic carbocycles. The quantitative estimate of drug-likeness (QED) is 0.157. The van der Waals surface area contributed by atoms with Crippen LogP contribution < -0.4 is 17.7 Å². The van der Waals surface area contributed by atoms with Gasteiger partial charge in [-0.25, -0.2) is 0 Å². The van der Waals surface area contributed by atoms with Crippen molar-refractivity contribution in [3.8, 4) is 0 Å². The summed E-state index contributed by atoms with van der Waals surface area (Å²) in [4.78, 5) is 11.2. The third-order valence-corrected chi connectivity index (χ3v) is 0.0393. The van der Waals surface area contributed by atoms with E-state index in [-0.39, 0.29) is 56.6 Å². The van der Waals surface area contributed by atoms with E-state index < -0.39 is 0 Å². The van der Waals surface area contributed by atoms with Gasteiger partial charge < -0.3 is 22.6 Å². The van der Waals surface area contributed by atoms with Crippen LogP contribution in [0.3, 0.4) is 0 Å². The molecule has 0 aromatic carbocycles. The van der Waals surface area contributed by atoms with E-state index in [1.165, 1.54) is 0 Å². The molecule has 0 amide bonds. The first-order chi connectivity index (χ1) is 1.91. The number of carbonyl (C=O) groups is 1. The zero-order valence-electron chi connectivity index (χ0n) is 2.89. The summed E-state index contributed by atoms with van der Waals surface area (Å²) in [6, 6.07) is 0. The third-order valence-electron chi connectivity index (χ3n) is 0.0393. The van der Waals surface area contributed by atoms with Gasteiger partial charge in [0.1, 0.15) is 0 Å². The van der Waals surface area contributed by atoms with E-state index in [1.807, 2.05) is 0 Å². The molecule has 0 atom stereocenters. The first-order valence-electron chi connectivity index (χ1n) is 0.638. The molecule has 0 fully saturated rings. The molecule has 0 saturated heterocycles. The minimum absolute atomic E-state index is 0. The van der Waals surface area contributed by atoms with Crippen LogP contribution in [0, 0.1) is 0 Å². The van der Waals surface area contributed by atoms with Crippen LogP contribution in [-0.4, -0.2) is 44.2 Å². The Hall–Kier alpha value is 0.980. The minimum atomic E-state index is -0.181. The summed E-state index contributed by atoms with van der Waals surface area (Å²) in [6.07, 6.45) is 0. The average molecular weight is 137 g/mol. The van der Waals surface area contributed by atoms with Crippen LogP contribution in [-0.2, 0) is 9.68 Å². The average Bonchev–Trinajstić information content (AvgIpc) is 1.37. The number of halogens is 1. The Kier molecular flexibility index (Phi) is 43.9. The Bertz CT molecular complexity index is 24.8. The van der Waals surface area contributed by atoms with Crippen molar-refractivity contribution in [3.63, 3.8) is 0 Å². The van der Waals surface area contributed by atoms with Crippen molar-refractivity contribution in [3.05, 3.63) is 0 Å². The monoisotopic (exact) mass is 136 g/mol. The minimum Gasteiger partial charge on any atom is -1.00 e. The van der Waals surface area contributed by atoms with E-state index >= 15 is 0 Å². The molecule has 0 aliphatic heterocycles. The van der Waals surface area contributed by atoms with E-state index in [1.54, 1.807) is 0 Å². The molecule has 0 heterocycles. The van der Waals surface area contributed by atoms with Crippen LogP contribution in [0.1, 0.15) is 0 Å². The molecule has 3 nitrogen and oxygen atoms in total. The second-order valence-corrected chi connectivity index (χ2v) is 0.192. The van der Waals surface area contributed by atoms with Crippen molar-refractivity contribution < 1.29 is 27.3 Å². The van der Waals surface area contributed by atoms with Gasteiger partial charge in [0.15, 0.2) is 0 Å². The molecule has 0 N–H and O–H groups in total. The Balaban J connectivity index is -0.0000000450. The maximum atomic E-state index is 8.64. The standard InChI is InChI=1S/CH2O3.Ca.ClH/c2-1-4-3;;/h1,3H;;1H/q;+2;/p-2. The number of rotatable bonds is 1. The van der Waals surface area contributed by atoms with E-state index in [4.69, 9.17) is 10.1 Å². The molecule has 0 radical (unpaired) electrons. The molecule has 0 spiro atoms. The number of hydrogen-bond acceptors (Lipinski definition) is 3. The molecule has 0 bridgehead atoms. The van der Waals surface area contributed by atoms with Crippen molar-refractivity contribution >= 4 is 44.2 Å². The molecule has 0 saturated carbocycles. The van der Waals surface area contributed by atoms with Crippen LogP contribution in [0.2, 0.25) is 0 Å². The molecule has 0 rings (SSSR count). The van der Waals surface area contributed by atoms with Gasteiger partial charge in [-0.15, -0.1) is 0 Å². The van der Waals surface area contributed by atoms with Gasteiger partial charge in [0.25, 0.3) is 6.47 Å². The summed E-state index contributed by atoms with van der Waals surface area (Å²) in [7, 11) is 0. The smallest absolute Gasteiger partial charge is 1.00 e. The van der Waals surface area contributed by atoms with E-state index in [0.29, 0.717) is 0 Å². The van der Waals surface area contributed by atoms with Crippen LogP contribution in [0.15, 0.2) is 0 Å². The Morgan fingerprint density at radius 3 is 1.83 bits per heavy atom. The van der Waals surface area contributed by atoms with Gasteiger partial charge in [-0.1, -0.05) is 0 Å². The maximum Gasteiger partial charge on any atom is 2.00 e. The molecule has 0 aliphatic rings. The SMILES string of the molecule is O=CO[O-].[Ca+2].[Cl-]. The molecule has 0 unspecified atom stereocenters. The molecule has 0 aromatic heterocycles. The van der Waals surface area contributed by atoms with E-state index in [2.05, 4.69) is 4.89 Å². The van der Waals surface area contributed by atoms with Gasteiger partial charge in [-0.3, -0.25) is 4.79 Å². The van der Waals surface area contributed by atoms with Crippen LogP contribution >= 0.6 is 0 Å². The first-order valence-corrected chi connectivity index (χ1v) is 0.638. The number of hydrogen-bond donors (Lipinski definition) is 0. The normalized spacial score (nSPS) is 3.50. The van der Waals surface area contributed by atoms with Gasteiger partial charge in [0.2, 0.25) is 0 Å². The fraction of sp³-hybridized carbons (Fsp3) is 0. The predicted molar refractivity (Wildman–Crippen MR) is 12.9 cm³/mol. The van der Waals surface area contributed by atoms with Crippen molar-refractivity contribution in [2.45, 2.75) is 0 Å². The second-order valence-electron chi connectivity index (χ2n) is 0.192. The second kappa shape index (κ2) is 16.7. The van der Waals surface area contributed by atoms with Crippen LogP contribution in [0.5, 0.6) is 0 Å². The van der Waals surface area contributed by atoms with Gasteiger partial charge in [-0.2, -0.15) is 0 Å². The van der Waals surface area contributed by atoms with E-state index in [0.717, 1.165) is 0 Å². The summed E-state index contributed by atoms with van der Waals surface area (Å²) in [5.74, 6) is 0. The summed E-state index contributed by atoms with van der Waals surface area (Å²) >= 11 is 0. The molecule has 6 heavy (non-hydrogen) atoms. The number of carbonyl (C=O) groups excluding carboxylic acids is 1. The Morgan fingerprint density at radius 2 is 1.83 bits per heavy atom. The summed E-state index contributed by atoms with van der Waals surface area (Å²) in [5, 5.41) is 8.43. The topological polar surface area (TPSA) is 49.4 Å². The van der Waals surface area contributed by atoms with Gasteiger partial charge in [0.05, 0.1) is 0 Å². The fourth-order valence-electron chi connectivity index (χ4n) is 0. The third kappa shape index (κ3) is 20.1. The van der Waals surface area contributed by atoms with Gasteiger partial charge >= 0.3 is 37.7 Å². The maximum absolute atomic E-state index is 8.64. The molecular weight excluding hydrogens is 136 g/mol. The largest absolute Gasteiger partial charge is 2.00 e. The predicted octanol–water partition coefficient (Wildman–Crippen LogP) is -4.94. The summed E-state index contributed by atoms with van der Waals surface area (Å²) in [6.45, 7) is -0.181. The fourth-order valence-corrected chi connectivity index (χ4v) is 0. The van der Waals surface area contributed by atoms with Crippen molar-refractivity contribution in [1.29, 1.82) is 0 Å². The molecule has 5 heteroatoms. The summed E-state index contributed by atoms with van der Waals surface area (Å²) < 4.78 is 0. The zero-order valence-corrected chi connectivity index (χ0v) is 5.85. The van der Waals surface area contributed by atoms with Crippen LogP contribution in [0.4, 0.5) is 0 Å². The van der Waals surface area contributed by atoms with Gasteiger partial charge in [0, 0.05) is 0 Å². The molecule has 0 aromatic rings. The van der Waals surface area contributed by atoms with Crippen LogP contribution in [0.25, 0.3) is 0 Å². The van der Waals surface area contributed by atoms with Gasteiger partial charge in [-0.05, 0) is 0 Å². The Morgan fingerprint density at radius 1 is 1.67 bits per heavy atom. The Labute approximate surface area is 71.0 Å². The van der Waals surface area contributed by atoms with Crippen molar-refractivity contribution in [2.75, 3.05) is 0 Å². The zero-order chi connectivity index (χ0) is 3.41. The van der Waals surface area contributed by atoms with E-state index in [9.17, 15) is 0 Å².